The number of carbonyl (C=O) groups excluding carboxylic acids is 2. The number of nitrogens with one attached hydrogen (secondary N) is 2. The Labute approximate surface area is 82.5 Å². The molecule has 0 aromatic carbocycles. The molecule has 0 fully saturated rings. The third-order valence-electron chi connectivity index (χ3n) is 1.79. The van der Waals surface area contributed by atoms with Crippen molar-refractivity contribution in [2.24, 2.45) is 0 Å². The molecule has 2 N–H and O–H groups in total. The Morgan fingerprint density at radius 1 is 1.64 bits per heavy atom. The number of esters is 1. The van der Waals surface area contributed by atoms with Crippen molar-refractivity contribution in [1.82, 2.24) is 10.6 Å². The molecule has 0 unspecified atom stereocenters. The van der Waals surface area contributed by atoms with Crippen LogP contribution in [-0.2, 0) is 9.53 Å². The molecule has 1 aliphatic rings. The number of rotatable bonds is 4. The van der Waals surface area contributed by atoms with Gasteiger partial charge in [0.1, 0.15) is 12.3 Å². The Bertz CT molecular complexity index is 261. The highest BCUT2D eigenvalue weighted by atomic mass is 16.5. The molecule has 5 heteroatoms. The van der Waals surface area contributed by atoms with Gasteiger partial charge in [0.05, 0.1) is 0 Å². The molecule has 0 aromatic rings. The van der Waals surface area contributed by atoms with E-state index in [4.69, 9.17) is 0 Å². The lowest BCUT2D eigenvalue weighted by Gasteiger charge is -2.05. The summed E-state index contributed by atoms with van der Waals surface area (Å²) in [7, 11) is 0. The van der Waals surface area contributed by atoms with Gasteiger partial charge in [0, 0.05) is 6.54 Å². The molecule has 1 aliphatic heterocycles. The summed E-state index contributed by atoms with van der Waals surface area (Å²) in [6.45, 7) is 2.89. The lowest BCUT2D eigenvalue weighted by molar-refractivity contribution is -0.136. The fraction of sp³-hybridized carbons (Fsp3) is 0.556. The maximum atomic E-state index is 11.1. The standard InChI is InChI=1S/C9H14N2O3/c1-2-3-5-10-9(13)11-7-4-6-14-8(7)12/h4H,2-3,5-6H2,1H3,(H2,10,11,13). The Kier molecular flexibility index (Phi) is 3.97. The van der Waals surface area contributed by atoms with Gasteiger partial charge >= 0.3 is 12.0 Å². The van der Waals surface area contributed by atoms with Crippen LogP contribution in [0.25, 0.3) is 0 Å². The Morgan fingerprint density at radius 2 is 2.43 bits per heavy atom. The summed E-state index contributed by atoms with van der Waals surface area (Å²) in [6, 6.07) is -0.358. The molecule has 0 aromatic heterocycles. The van der Waals surface area contributed by atoms with E-state index in [-0.39, 0.29) is 18.3 Å². The summed E-state index contributed by atoms with van der Waals surface area (Å²) in [5.41, 5.74) is 0.221. The molecule has 0 bridgehead atoms. The van der Waals surface area contributed by atoms with Crippen LogP contribution in [0.3, 0.4) is 0 Å². The van der Waals surface area contributed by atoms with Crippen molar-refractivity contribution in [2.45, 2.75) is 19.8 Å². The highest BCUT2D eigenvalue weighted by Gasteiger charge is 2.18. The summed E-state index contributed by atoms with van der Waals surface area (Å²) >= 11 is 0. The molecule has 0 saturated carbocycles. The molecule has 14 heavy (non-hydrogen) atoms. The zero-order chi connectivity index (χ0) is 10.4. The number of hydrogen-bond donors (Lipinski definition) is 2. The number of amides is 2. The molecule has 0 saturated heterocycles. The van der Waals surface area contributed by atoms with Crippen LogP contribution in [0.5, 0.6) is 0 Å². The summed E-state index contributed by atoms with van der Waals surface area (Å²) < 4.78 is 4.62. The molecular formula is C9H14N2O3. The van der Waals surface area contributed by atoms with Gasteiger partial charge in [-0.25, -0.2) is 9.59 Å². The van der Waals surface area contributed by atoms with E-state index in [1.807, 2.05) is 6.92 Å². The van der Waals surface area contributed by atoms with Gasteiger partial charge in [0.25, 0.3) is 0 Å². The van der Waals surface area contributed by atoms with Crippen LogP contribution in [0.15, 0.2) is 11.8 Å². The second-order valence-corrected chi connectivity index (χ2v) is 2.95. The van der Waals surface area contributed by atoms with Crippen LogP contribution in [-0.4, -0.2) is 25.2 Å². The minimum atomic E-state index is -0.476. The Balaban J connectivity index is 2.23. The molecule has 78 valence electrons. The van der Waals surface area contributed by atoms with E-state index < -0.39 is 5.97 Å². The Morgan fingerprint density at radius 3 is 3.00 bits per heavy atom. The third-order valence-corrected chi connectivity index (χ3v) is 1.79. The largest absolute Gasteiger partial charge is 0.457 e. The molecule has 0 radical (unpaired) electrons. The van der Waals surface area contributed by atoms with Gasteiger partial charge < -0.3 is 15.4 Å². The molecule has 1 rings (SSSR count). The van der Waals surface area contributed by atoms with Gasteiger partial charge in [0.15, 0.2) is 0 Å². The monoisotopic (exact) mass is 198 g/mol. The number of unbranched alkanes of at least 4 members (excludes halogenated alkanes) is 1. The van der Waals surface area contributed by atoms with E-state index in [0.29, 0.717) is 6.54 Å². The van der Waals surface area contributed by atoms with Gasteiger partial charge in [-0.05, 0) is 12.5 Å². The molecule has 0 aliphatic carbocycles. The van der Waals surface area contributed by atoms with Crippen molar-refractivity contribution in [2.75, 3.05) is 13.2 Å². The number of carbonyl (C=O) groups is 2. The van der Waals surface area contributed by atoms with Gasteiger partial charge in [-0.2, -0.15) is 0 Å². The summed E-state index contributed by atoms with van der Waals surface area (Å²) in [4.78, 5) is 22.1. The van der Waals surface area contributed by atoms with Crippen molar-refractivity contribution < 1.29 is 14.3 Å². The zero-order valence-corrected chi connectivity index (χ0v) is 8.13. The van der Waals surface area contributed by atoms with Gasteiger partial charge in [-0.15, -0.1) is 0 Å². The average molecular weight is 198 g/mol. The first kappa shape index (κ1) is 10.6. The second-order valence-electron chi connectivity index (χ2n) is 2.95. The van der Waals surface area contributed by atoms with Gasteiger partial charge in [-0.1, -0.05) is 13.3 Å². The topological polar surface area (TPSA) is 67.4 Å². The maximum absolute atomic E-state index is 11.1. The smallest absolute Gasteiger partial charge is 0.354 e. The van der Waals surface area contributed by atoms with Crippen LogP contribution in [0, 0.1) is 0 Å². The molecular weight excluding hydrogens is 184 g/mol. The average Bonchev–Trinajstić information content (AvgIpc) is 2.52. The molecule has 0 atom stereocenters. The van der Waals surface area contributed by atoms with Crippen molar-refractivity contribution in [3.8, 4) is 0 Å². The Hall–Kier alpha value is -1.52. The minimum absolute atomic E-state index is 0.221. The van der Waals surface area contributed by atoms with Crippen LogP contribution in [0.1, 0.15) is 19.8 Å². The van der Waals surface area contributed by atoms with Crippen LogP contribution in [0.2, 0.25) is 0 Å². The quantitative estimate of drug-likeness (QED) is 0.511. The lowest BCUT2D eigenvalue weighted by atomic mass is 10.3. The van der Waals surface area contributed by atoms with Gasteiger partial charge in [-0.3, -0.25) is 0 Å². The fourth-order valence-electron chi connectivity index (χ4n) is 1.01. The predicted molar refractivity (Wildman–Crippen MR) is 50.5 cm³/mol. The van der Waals surface area contributed by atoms with E-state index in [1.54, 1.807) is 6.08 Å². The summed E-state index contributed by atoms with van der Waals surface area (Å²) in [5, 5.41) is 5.06. The first-order valence-corrected chi connectivity index (χ1v) is 4.66. The molecule has 1 heterocycles. The molecule has 2 amide bonds. The minimum Gasteiger partial charge on any atom is -0.457 e. The van der Waals surface area contributed by atoms with Crippen molar-refractivity contribution >= 4 is 12.0 Å². The van der Waals surface area contributed by atoms with Crippen LogP contribution < -0.4 is 10.6 Å². The van der Waals surface area contributed by atoms with E-state index in [1.165, 1.54) is 0 Å². The number of cyclic esters (lactones) is 1. The highest BCUT2D eigenvalue weighted by molar-refractivity contribution is 5.94. The van der Waals surface area contributed by atoms with E-state index in [2.05, 4.69) is 15.4 Å². The predicted octanol–water partition coefficient (Wildman–Crippen LogP) is 0.526. The number of ether oxygens (including phenoxy) is 1. The SMILES string of the molecule is CCCCNC(=O)NC1=CCOC1=O. The summed E-state index contributed by atoms with van der Waals surface area (Å²) in [5.74, 6) is -0.476. The molecule has 5 nitrogen and oxygen atoms in total. The first-order valence-electron chi connectivity index (χ1n) is 4.66. The third kappa shape index (κ3) is 3.08. The van der Waals surface area contributed by atoms with Crippen LogP contribution >= 0.6 is 0 Å². The zero-order valence-electron chi connectivity index (χ0n) is 8.13. The summed E-state index contributed by atoms with van der Waals surface area (Å²) in [6.07, 6.45) is 3.49. The van der Waals surface area contributed by atoms with E-state index >= 15 is 0 Å². The lowest BCUT2D eigenvalue weighted by Crippen LogP contribution is -2.36. The normalized spacial score (nSPS) is 14.6. The second kappa shape index (κ2) is 5.26. The number of urea groups is 1. The number of hydrogen-bond acceptors (Lipinski definition) is 3. The highest BCUT2D eigenvalue weighted by Crippen LogP contribution is 2.01. The van der Waals surface area contributed by atoms with Crippen molar-refractivity contribution in [3.63, 3.8) is 0 Å². The van der Waals surface area contributed by atoms with Gasteiger partial charge in [0.2, 0.25) is 0 Å². The fourth-order valence-corrected chi connectivity index (χ4v) is 1.01. The maximum Gasteiger partial charge on any atom is 0.354 e. The van der Waals surface area contributed by atoms with Crippen molar-refractivity contribution in [3.05, 3.63) is 11.8 Å². The van der Waals surface area contributed by atoms with E-state index in [0.717, 1.165) is 12.8 Å². The van der Waals surface area contributed by atoms with E-state index in [9.17, 15) is 9.59 Å². The molecule has 0 spiro atoms. The van der Waals surface area contributed by atoms with Crippen LogP contribution in [0.4, 0.5) is 4.79 Å². The van der Waals surface area contributed by atoms with Crippen molar-refractivity contribution in [1.29, 1.82) is 0 Å². The first-order chi connectivity index (χ1) is 6.74.